The van der Waals surface area contributed by atoms with Crippen LogP contribution < -0.4 is 0 Å². The van der Waals surface area contributed by atoms with Gasteiger partial charge in [0.2, 0.25) is 0 Å². The van der Waals surface area contributed by atoms with Gasteiger partial charge in [0.25, 0.3) is 0 Å². The van der Waals surface area contributed by atoms with E-state index in [1.807, 2.05) is 6.07 Å². The van der Waals surface area contributed by atoms with E-state index in [1.165, 1.54) is 7.11 Å². The van der Waals surface area contributed by atoms with Gasteiger partial charge >= 0.3 is 5.97 Å². The summed E-state index contributed by atoms with van der Waals surface area (Å²) in [6.07, 6.45) is -1.29. The number of carbonyl (C=O) groups excluding carboxylic acids is 1. The van der Waals surface area contributed by atoms with Gasteiger partial charge in [-0.2, -0.15) is 0 Å². The lowest BCUT2D eigenvalue weighted by molar-refractivity contribution is -0.209. The number of esters is 1. The van der Waals surface area contributed by atoms with Gasteiger partial charge in [0.05, 0.1) is 11.6 Å². The zero-order valence-electron chi connectivity index (χ0n) is 12.0. The number of alkyl halides is 1. The highest BCUT2D eigenvalue weighted by atomic mass is 79.9. The lowest BCUT2D eigenvalue weighted by Crippen LogP contribution is -2.50. The Morgan fingerprint density at radius 2 is 2.23 bits per heavy atom. The van der Waals surface area contributed by atoms with Crippen LogP contribution in [0.3, 0.4) is 0 Å². The lowest BCUT2D eigenvalue weighted by atomic mass is 10.00. The predicted molar refractivity (Wildman–Crippen MR) is 82.7 cm³/mol. The van der Waals surface area contributed by atoms with Crippen molar-refractivity contribution < 1.29 is 19.0 Å². The molecule has 8 heteroatoms. The average molecular weight is 370 g/mol. The molecule has 0 bridgehead atoms. The molecule has 0 spiro atoms. The molecular weight excluding hydrogens is 354 g/mol. The highest BCUT2D eigenvalue weighted by Crippen LogP contribution is 2.27. The highest BCUT2D eigenvalue weighted by Gasteiger charge is 2.40. The molecule has 2 rings (SSSR count). The smallest absolute Gasteiger partial charge is 0.338 e. The Labute approximate surface area is 136 Å². The van der Waals surface area contributed by atoms with Gasteiger partial charge in [-0.15, -0.1) is 0 Å². The van der Waals surface area contributed by atoms with Crippen molar-refractivity contribution in [3.8, 4) is 0 Å². The van der Waals surface area contributed by atoms with Crippen molar-refractivity contribution in [2.75, 3.05) is 12.4 Å². The predicted octanol–water partition coefficient (Wildman–Crippen LogP) is 3.05. The van der Waals surface area contributed by atoms with Crippen LogP contribution in [0.15, 0.2) is 35.4 Å². The molecule has 4 atom stereocenters. The minimum absolute atomic E-state index is 0.330. The Kier molecular flexibility index (Phi) is 6.21. The summed E-state index contributed by atoms with van der Waals surface area (Å²) in [6.45, 7) is 0. The highest BCUT2D eigenvalue weighted by molar-refractivity contribution is 9.09. The van der Waals surface area contributed by atoms with Crippen LogP contribution in [0.2, 0.25) is 0 Å². The second-order valence-corrected chi connectivity index (χ2v) is 5.39. The molecule has 1 aliphatic rings. The summed E-state index contributed by atoms with van der Waals surface area (Å²) in [6, 6.07) is 8.10. The van der Waals surface area contributed by atoms with Crippen LogP contribution in [0, 0.1) is 0 Å². The number of ether oxygens (including phenoxy) is 3. The molecule has 0 amide bonds. The lowest BCUT2D eigenvalue weighted by Gasteiger charge is -2.38. The van der Waals surface area contributed by atoms with Gasteiger partial charge in [-0.05, 0) is 17.7 Å². The molecule has 7 nitrogen and oxygen atoms in total. The molecule has 0 aromatic heterocycles. The first-order chi connectivity index (χ1) is 10.7. The Morgan fingerprint density at radius 3 is 2.82 bits per heavy atom. The first kappa shape index (κ1) is 16.8. The summed E-state index contributed by atoms with van der Waals surface area (Å²) in [4.78, 5) is 15.1. The fourth-order valence-corrected chi connectivity index (χ4v) is 2.80. The number of hydrogen-bond donors (Lipinski definition) is 0. The maximum absolute atomic E-state index is 12.2. The largest absolute Gasteiger partial charge is 0.456 e. The number of carbonyl (C=O) groups is 1. The first-order valence-corrected chi connectivity index (χ1v) is 7.86. The van der Waals surface area contributed by atoms with Gasteiger partial charge in [-0.1, -0.05) is 39.2 Å². The maximum atomic E-state index is 12.2. The topological polar surface area (TPSA) is 93.5 Å². The van der Waals surface area contributed by atoms with Crippen LogP contribution in [-0.2, 0) is 14.2 Å². The fourth-order valence-electron chi connectivity index (χ4n) is 2.28. The van der Waals surface area contributed by atoms with Gasteiger partial charge in [0.1, 0.15) is 12.2 Å². The molecule has 1 saturated heterocycles. The molecule has 0 aliphatic carbocycles. The zero-order valence-corrected chi connectivity index (χ0v) is 13.5. The third-order valence-electron chi connectivity index (χ3n) is 3.37. The van der Waals surface area contributed by atoms with E-state index >= 15 is 0 Å². The van der Waals surface area contributed by atoms with E-state index in [4.69, 9.17) is 19.7 Å². The minimum Gasteiger partial charge on any atom is -0.456 e. The van der Waals surface area contributed by atoms with Gasteiger partial charge in [0.15, 0.2) is 6.29 Å². The average Bonchev–Trinajstić information content (AvgIpc) is 2.57. The first-order valence-electron chi connectivity index (χ1n) is 6.74. The van der Waals surface area contributed by atoms with E-state index in [-0.39, 0.29) is 0 Å². The van der Waals surface area contributed by atoms with E-state index < -0.39 is 30.5 Å². The number of rotatable bonds is 5. The Hall–Kier alpha value is -1.60. The van der Waals surface area contributed by atoms with Gasteiger partial charge < -0.3 is 14.2 Å². The standard InChI is InChI=1S/C14H16BrN3O4/c1-20-12-7-10(17-18-16)13(11(8-15)21-12)22-14(19)9-5-3-2-4-6-9/h2-6,10-13H,7-8H2,1H3/t10-,11+,12+,13+/m1/s1. The molecule has 1 aliphatic heterocycles. The van der Waals surface area contributed by atoms with Crippen molar-refractivity contribution in [3.05, 3.63) is 46.3 Å². The van der Waals surface area contributed by atoms with Crippen LogP contribution in [0.25, 0.3) is 10.4 Å². The molecule has 0 unspecified atom stereocenters. The van der Waals surface area contributed by atoms with Crippen molar-refractivity contribution in [1.82, 2.24) is 0 Å². The summed E-state index contributed by atoms with van der Waals surface area (Å²) in [5.41, 5.74) is 9.16. The van der Waals surface area contributed by atoms with Crippen LogP contribution in [0.5, 0.6) is 0 Å². The number of azide groups is 1. The molecule has 118 valence electrons. The molecule has 1 fully saturated rings. The number of benzene rings is 1. The van der Waals surface area contributed by atoms with Gasteiger partial charge in [-0.25, -0.2) is 4.79 Å². The van der Waals surface area contributed by atoms with E-state index in [9.17, 15) is 4.79 Å². The number of hydrogen-bond acceptors (Lipinski definition) is 5. The number of nitrogens with zero attached hydrogens (tertiary/aromatic N) is 3. The molecule has 0 radical (unpaired) electrons. The summed E-state index contributed by atoms with van der Waals surface area (Å²) in [5.74, 6) is -0.478. The van der Waals surface area contributed by atoms with Crippen molar-refractivity contribution in [3.63, 3.8) is 0 Å². The van der Waals surface area contributed by atoms with Crippen LogP contribution in [0.1, 0.15) is 16.8 Å². The van der Waals surface area contributed by atoms with E-state index in [2.05, 4.69) is 26.0 Å². The normalized spacial score (nSPS) is 27.7. The van der Waals surface area contributed by atoms with Gasteiger partial charge in [0, 0.05) is 23.8 Å². The molecule has 22 heavy (non-hydrogen) atoms. The number of methoxy groups -OCH3 is 1. The summed E-state index contributed by atoms with van der Waals surface area (Å²) in [5, 5.41) is 4.16. The zero-order chi connectivity index (χ0) is 15.9. The third-order valence-corrected chi connectivity index (χ3v) is 4.01. The molecular formula is C14H16BrN3O4. The van der Waals surface area contributed by atoms with Crippen molar-refractivity contribution in [2.24, 2.45) is 5.11 Å². The summed E-state index contributed by atoms with van der Waals surface area (Å²) >= 11 is 3.33. The van der Waals surface area contributed by atoms with Gasteiger partial charge in [-0.3, -0.25) is 0 Å². The van der Waals surface area contributed by atoms with E-state index in [0.717, 1.165) is 0 Å². The van der Waals surface area contributed by atoms with Crippen molar-refractivity contribution >= 4 is 21.9 Å². The maximum Gasteiger partial charge on any atom is 0.338 e. The molecule has 1 aromatic rings. The van der Waals surface area contributed by atoms with Crippen molar-refractivity contribution in [1.29, 1.82) is 0 Å². The SMILES string of the molecule is CO[C@@H]1C[C@@H](N=[N+]=[N-])[C@H](OC(=O)c2ccccc2)[C@H](CBr)O1. The molecule has 0 saturated carbocycles. The molecule has 1 heterocycles. The Balaban J connectivity index is 2.17. The minimum atomic E-state index is -0.672. The summed E-state index contributed by atoms with van der Waals surface area (Å²) < 4.78 is 16.4. The Morgan fingerprint density at radius 1 is 1.50 bits per heavy atom. The summed E-state index contributed by atoms with van der Waals surface area (Å²) in [7, 11) is 1.51. The number of halogens is 1. The van der Waals surface area contributed by atoms with Crippen molar-refractivity contribution in [2.45, 2.75) is 31.0 Å². The van der Waals surface area contributed by atoms with Crippen LogP contribution >= 0.6 is 15.9 Å². The van der Waals surface area contributed by atoms with Crippen LogP contribution in [0.4, 0.5) is 0 Å². The fraction of sp³-hybridized carbons (Fsp3) is 0.500. The molecule has 1 aromatic carbocycles. The quantitative estimate of drug-likeness (QED) is 0.262. The third kappa shape index (κ3) is 3.98. The monoisotopic (exact) mass is 369 g/mol. The Bertz CT molecular complexity index is 550. The van der Waals surface area contributed by atoms with E-state index in [0.29, 0.717) is 17.3 Å². The second kappa shape index (κ2) is 8.14. The van der Waals surface area contributed by atoms with E-state index in [1.54, 1.807) is 24.3 Å². The second-order valence-electron chi connectivity index (χ2n) is 4.74. The van der Waals surface area contributed by atoms with Crippen LogP contribution in [-0.4, -0.2) is 42.9 Å². The molecule has 0 N–H and O–H groups in total.